The second-order valence-corrected chi connectivity index (χ2v) is 9.22. The highest BCUT2D eigenvalue weighted by molar-refractivity contribution is 6.13. The smallest absolute Gasteiger partial charge is 0.330 e. The Balaban J connectivity index is 1.60. The van der Waals surface area contributed by atoms with E-state index in [-0.39, 0.29) is 24.1 Å². The van der Waals surface area contributed by atoms with Crippen LogP contribution in [0.4, 0.5) is 11.5 Å². The number of carbonyl (C=O) groups is 1. The molecule has 3 heterocycles. The van der Waals surface area contributed by atoms with Gasteiger partial charge in [-0.15, -0.1) is 0 Å². The molecule has 1 aliphatic rings. The SMILES string of the molecule is CC(C)n1ncc2c(C(=O)N(C)c3c(N)n(Cc4ccccc4)c(=O)[nH]c3=O)cc(C3CC3)nc21. The molecular formula is C25H27N7O3. The van der Waals surface area contributed by atoms with Crippen molar-refractivity contribution in [1.29, 1.82) is 0 Å². The average Bonchev–Trinajstić information content (AvgIpc) is 3.59. The third-order valence-electron chi connectivity index (χ3n) is 6.34. The molecule has 4 aromatic rings. The van der Waals surface area contributed by atoms with Crippen molar-refractivity contribution in [1.82, 2.24) is 24.3 Å². The highest BCUT2D eigenvalue weighted by atomic mass is 16.2. The molecule has 1 saturated carbocycles. The number of pyridine rings is 1. The number of anilines is 2. The van der Waals surface area contributed by atoms with Crippen LogP contribution >= 0.6 is 0 Å². The molecule has 10 nitrogen and oxygen atoms in total. The van der Waals surface area contributed by atoms with Gasteiger partial charge in [0.05, 0.1) is 23.7 Å². The van der Waals surface area contributed by atoms with Gasteiger partial charge < -0.3 is 10.6 Å². The lowest BCUT2D eigenvalue weighted by Gasteiger charge is -2.21. The van der Waals surface area contributed by atoms with Gasteiger partial charge in [-0.25, -0.2) is 14.5 Å². The third kappa shape index (κ3) is 4.01. The second kappa shape index (κ2) is 8.53. The number of aromatic nitrogens is 5. The zero-order valence-corrected chi connectivity index (χ0v) is 19.9. The van der Waals surface area contributed by atoms with Crippen molar-refractivity contribution in [3.05, 3.63) is 80.3 Å². The molecule has 0 aliphatic heterocycles. The fraction of sp³-hybridized carbons (Fsp3) is 0.320. The Morgan fingerprint density at radius 2 is 1.94 bits per heavy atom. The van der Waals surface area contributed by atoms with E-state index in [0.717, 1.165) is 24.1 Å². The van der Waals surface area contributed by atoms with E-state index in [0.29, 0.717) is 22.5 Å². The number of benzene rings is 1. The second-order valence-electron chi connectivity index (χ2n) is 9.22. The number of nitrogens with zero attached hydrogens (tertiary/aromatic N) is 5. The maximum absolute atomic E-state index is 13.8. The molecule has 0 unspecified atom stereocenters. The molecule has 0 radical (unpaired) electrons. The molecule has 5 rings (SSSR count). The van der Waals surface area contributed by atoms with Gasteiger partial charge in [-0.3, -0.25) is 19.1 Å². The molecule has 3 aromatic heterocycles. The van der Waals surface area contributed by atoms with Crippen LogP contribution < -0.4 is 21.9 Å². The molecule has 1 amide bonds. The summed E-state index contributed by atoms with van der Waals surface area (Å²) in [5.41, 5.74) is 7.57. The minimum Gasteiger partial charge on any atom is -0.383 e. The topological polar surface area (TPSA) is 132 Å². The zero-order chi connectivity index (χ0) is 24.9. The summed E-state index contributed by atoms with van der Waals surface area (Å²) in [7, 11) is 1.48. The Morgan fingerprint density at radius 3 is 2.60 bits per heavy atom. The summed E-state index contributed by atoms with van der Waals surface area (Å²) in [6.45, 7) is 4.16. The van der Waals surface area contributed by atoms with Gasteiger partial charge in [0.25, 0.3) is 11.5 Å². The first-order valence-electron chi connectivity index (χ1n) is 11.6. The summed E-state index contributed by atoms with van der Waals surface area (Å²) >= 11 is 0. The first kappa shape index (κ1) is 22.6. The van der Waals surface area contributed by atoms with Gasteiger partial charge in [-0.05, 0) is 38.3 Å². The first-order chi connectivity index (χ1) is 16.8. The number of aromatic amines is 1. The Bertz CT molecular complexity index is 1550. The lowest BCUT2D eigenvalue weighted by molar-refractivity contribution is 0.0994. The van der Waals surface area contributed by atoms with Crippen LogP contribution in [-0.2, 0) is 6.54 Å². The minimum atomic E-state index is -0.724. The number of hydrogen-bond donors (Lipinski definition) is 2. The summed E-state index contributed by atoms with van der Waals surface area (Å²) in [5, 5.41) is 5.05. The van der Waals surface area contributed by atoms with E-state index in [1.54, 1.807) is 16.9 Å². The fourth-order valence-corrected chi connectivity index (χ4v) is 4.29. The number of nitrogens with two attached hydrogens (primary N) is 1. The van der Waals surface area contributed by atoms with Crippen LogP contribution in [0, 0.1) is 0 Å². The predicted octanol–water partition coefficient (Wildman–Crippen LogP) is 2.65. The largest absolute Gasteiger partial charge is 0.383 e. The van der Waals surface area contributed by atoms with Gasteiger partial charge in [-0.2, -0.15) is 5.10 Å². The molecule has 0 spiro atoms. The van der Waals surface area contributed by atoms with Crippen LogP contribution in [0.5, 0.6) is 0 Å². The third-order valence-corrected chi connectivity index (χ3v) is 6.34. The zero-order valence-electron chi connectivity index (χ0n) is 19.9. The standard InChI is InChI=1S/C25H27N7O3/c1-14(2)32-22-18(12-27-32)17(11-19(28-22)16-9-10-16)24(34)30(3)20-21(26)31(25(35)29-23(20)33)13-15-7-5-4-6-8-15/h4-8,11-12,14,16H,9-10,13,26H2,1-3H3,(H,29,33,35). The van der Waals surface area contributed by atoms with Gasteiger partial charge in [0.15, 0.2) is 11.3 Å². The predicted molar refractivity (Wildman–Crippen MR) is 134 cm³/mol. The Labute approximate surface area is 201 Å². The van der Waals surface area contributed by atoms with Gasteiger partial charge in [-0.1, -0.05) is 30.3 Å². The van der Waals surface area contributed by atoms with E-state index < -0.39 is 17.2 Å². The van der Waals surface area contributed by atoms with Gasteiger partial charge in [0.2, 0.25) is 0 Å². The number of rotatable bonds is 6. The molecule has 180 valence electrons. The van der Waals surface area contributed by atoms with Gasteiger partial charge in [0.1, 0.15) is 5.82 Å². The molecular weight excluding hydrogens is 446 g/mol. The molecule has 1 aliphatic carbocycles. The summed E-state index contributed by atoms with van der Waals surface area (Å²) in [4.78, 5) is 47.4. The Kier molecular flexibility index (Phi) is 5.50. The molecule has 1 aromatic carbocycles. The van der Waals surface area contributed by atoms with Crippen LogP contribution in [0.15, 0.2) is 52.2 Å². The summed E-state index contributed by atoms with van der Waals surface area (Å²) < 4.78 is 3.05. The van der Waals surface area contributed by atoms with E-state index in [2.05, 4.69) is 10.1 Å². The molecule has 0 bridgehead atoms. The van der Waals surface area contributed by atoms with Crippen molar-refractivity contribution in [2.75, 3.05) is 17.7 Å². The Hall–Kier alpha value is -4.21. The minimum absolute atomic E-state index is 0.0650. The normalized spacial score (nSPS) is 13.5. The van der Waals surface area contributed by atoms with Crippen molar-refractivity contribution in [3.63, 3.8) is 0 Å². The lowest BCUT2D eigenvalue weighted by Crippen LogP contribution is -2.39. The quantitative estimate of drug-likeness (QED) is 0.442. The molecule has 35 heavy (non-hydrogen) atoms. The monoisotopic (exact) mass is 473 g/mol. The summed E-state index contributed by atoms with van der Waals surface area (Å²) in [6, 6.07) is 11.1. The number of nitrogen functional groups attached to an aromatic ring is 1. The Morgan fingerprint density at radius 1 is 1.23 bits per heavy atom. The number of nitrogens with one attached hydrogen (secondary N) is 1. The van der Waals surface area contributed by atoms with Crippen molar-refractivity contribution in [3.8, 4) is 0 Å². The number of hydrogen-bond acceptors (Lipinski definition) is 6. The maximum Gasteiger partial charge on any atom is 0.330 e. The van der Waals surface area contributed by atoms with Crippen molar-refractivity contribution in [2.24, 2.45) is 0 Å². The number of amides is 1. The molecule has 3 N–H and O–H groups in total. The maximum atomic E-state index is 13.8. The van der Waals surface area contributed by atoms with E-state index in [9.17, 15) is 14.4 Å². The highest BCUT2D eigenvalue weighted by Gasteiger charge is 2.30. The van der Waals surface area contributed by atoms with Crippen LogP contribution in [0.2, 0.25) is 0 Å². The van der Waals surface area contributed by atoms with E-state index in [4.69, 9.17) is 10.7 Å². The van der Waals surface area contributed by atoms with Gasteiger partial charge >= 0.3 is 5.69 Å². The number of fused-ring (bicyclic) bond motifs is 1. The van der Waals surface area contributed by atoms with Crippen LogP contribution in [-0.4, -0.2) is 37.3 Å². The average molecular weight is 474 g/mol. The molecule has 1 fully saturated rings. The summed E-state index contributed by atoms with van der Waals surface area (Å²) in [6.07, 6.45) is 3.67. The molecule has 0 atom stereocenters. The van der Waals surface area contributed by atoms with Crippen LogP contribution in [0.25, 0.3) is 11.0 Å². The van der Waals surface area contributed by atoms with Crippen LogP contribution in [0.3, 0.4) is 0 Å². The number of carbonyl (C=O) groups excluding carboxylic acids is 1. The fourth-order valence-electron chi connectivity index (χ4n) is 4.29. The van der Waals surface area contributed by atoms with Gasteiger partial charge in [0, 0.05) is 24.7 Å². The van der Waals surface area contributed by atoms with E-state index in [1.165, 1.54) is 16.5 Å². The first-order valence-corrected chi connectivity index (χ1v) is 11.6. The van der Waals surface area contributed by atoms with Crippen LogP contribution in [0.1, 0.15) is 60.3 Å². The lowest BCUT2D eigenvalue weighted by atomic mass is 10.1. The van der Waals surface area contributed by atoms with E-state index in [1.807, 2.05) is 44.2 Å². The van der Waals surface area contributed by atoms with Crippen molar-refractivity contribution < 1.29 is 4.79 Å². The number of H-pyrrole nitrogens is 1. The van der Waals surface area contributed by atoms with E-state index >= 15 is 0 Å². The highest BCUT2D eigenvalue weighted by Crippen LogP contribution is 2.40. The molecule has 10 heteroatoms. The van der Waals surface area contributed by atoms with Crippen molar-refractivity contribution >= 4 is 28.4 Å². The molecule has 0 saturated heterocycles. The van der Waals surface area contributed by atoms with Crippen molar-refractivity contribution in [2.45, 2.75) is 45.2 Å². The summed E-state index contributed by atoms with van der Waals surface area (Å²) in [5.74, 6) is -0.193.